The molecule has 230 valence electrons. The van der Waals surface area contributed by atoms with Crippen molar-refractivity contribution in [2.75, 3.05) is 30.3 Å². The molecule has 4 N–H and O–H groups in total. The second-order valence-corrected chi connectivity index (χ2v) is 12.0. The quantitative estimate of drug-likeness (QED) is 0.192. The van der Waals surface area contributed by atoms with Crippen LogP contribution in [0.15, 0.2) is 66.9 Å². The fourth-order valence-corrected chi connectivity index (χ4v) is 4.89. The smallest absolute Gasteiger partial charge is 0.324 e. The van der Waals surface area contributed by atoms with Gasteiger partial charge in [0.2, 0.25) is 0 Å². The number of rotatable bonds is 8. The van der Waals surface area contributed by atoms with Gasteiger partial charge in [-0.25, -0.2) is 13.9 Å². The molecule has 1 aliphatic rings. The molecule has 2 aromatic carbocycles. The van der Waals surface area contributed by atoms with Crippen molar-refractivity contribution in [2.24, 2.45) is 5.92 Å². The van der Waals surface area contributed by atoms with E-state index in [1.54, 1.807) is 53.3 Å². The molecule has 0 bridgehead atoms. The molecule has 3 heterocycles. The first-order chi connectivity index (χ1) is 21.0. The van der Waals surface area contributed by atoms with Crippen LogP contribution in [0.25, 0.3) is 5.69 Å². The van der Waals surface area contributed by atoms with Gasteiger partial charge in [-0.05, 0) is 75.2 Å². The Kier molecular flexibility index (Phi) is 9.24. The van der Waals surface area contributed by atoms with Crippen molar-refractivity contribution in [1.29, 1.82) is 0 Å². The Balaban J connectivity index is 1.31. The van der Waals surface area contributed by atoms with E-state index in [0.29, 0.717) is 35.3 Å². The zero-order valence-electron chi connectivity index (χ0n) is 25.4. The number of halogens is 1. The van der Waals surface area contributed by atoms with Crippen LogP contribution in [-0.2, 0) is 5.41 Å². The van der Waals surface area contributed by atoms with Crippen molar-refractivity contribution in [3.05, 3.63) is 89.6 Å². The molecular formula is C33H38FN7O3. The number of ether oxygens (including phenoxy) is 1. The number of carbonyl (C=O) groups is 2. The van der Waals surface area contributed by atoms with E-state index in [1.165, 1.54) is 12.1 Å². The fourth-order valence-electron chi connectivity index (χ4n) is 4.89. The summed E-state index contributed by atoms with van der Waals surface area (Å²) in [5, 5.41) is 16.5. The van der Waals surface area contributed by atoms with E-state index in [0.717, 1.165) is 37.3 Å². The maximum atomic E-state index is 14.9. The Hall–Kier alpha value is -4.77. The topological polar surface area (TPSA) is 122 Å². The number of hydrogen-bond acceptors (Lipinski definition) is 6. The zero-order valence-corrected chi connectivity index (χ0v) is 25.4. The number of nitrogens with one attached hydrogen (secondary N) is 4. The minimum absolute atomic E-state index is 0.0183. The van der Waals surface area contributed by atoms with E-state index in [1.807, 2.05) is 33.8 Å². The van der Waals surface area contributed by atoms with Crippen LogP contribution in [0.2, 0.25) is 0 Å². The number of hydrogen-bond donors (Lipinski definition) is 4. The molecule has 0 saturated carbocycles. The highest BCUT2D eigenvalue weighted by Crippen LogP contribution is 2.28. The molecule has 5 rings (SSSR count). The maximum Gasteiger partial charge on any atom is 0.324 e. The minimum atomic E-state index is -0.657. The van der Waals surface area contributed by atoms with Gasteiger partial charge in [-0.1, -0.05) is 26.8 Å². The number of amides is 3. The van der Waals surface area contributed by atoms with E-state index >= 15 is 0 Å². The van der Waals surface area contributed by atoms with Crippen molar-refractivity contribution in [3.8, 4) is 17.2 Å². The molecule has 0 unspecified atom stereocenters. The summed E-state index contributed by atoms with van der Waals surface area (Å²) >= 11 is 0. The lowest BCUT2D eigenvalue weighted by Gasteiger charge is -2.22. The van der Waals surface area contributed by atoms with Crippen molar-refractivity contribution >= 4 is 23.4 Å². The van der Waals surface area contributed by atoms with E-state index < -0.39 is 11.8 Å². The van der Waals surface area contributed by atoms with E-state index in [4.69, 9.17) is 9.84 Å². The summed E-state index contributed by atoms with van der Waals surface area (Å²) in [6.45, 7) is 10.4. The maximum absolute atomic E-state index is 14.9. The van der Waals surface area contributed by atoms with Gasteiger partial charge in [-0.2, -0.15) is 5.10 Å². The average molecular weight is 600 g/mol. The van der Waals surface area contributed by atoms with Crippen LogP contribution in [0.4, 0.5) is 20.7 Å². The summed E-state index contributed by atoms with van der Waals surface area (Å²) in [5.74, 6) is 0.817. The number of anilines is 2. The van der Waals surface area contributed by atoms with Gasteiger partial charge in [-0.3, -0.25) is 15.1 Å². The number of piperidine rings is 1. The summed E-state index contributed by atoms with van der Waals surface area (Å²) in [6.07, 6.45) is 3.68. The average Bonchev–Trinajstić information content (AvgIpc) is 3.42. The molecule has 1 aliphatic heterocycles. The summed E-state index contributed by atoms with van der Waals surface area (Å²) in [5.41, 5.74) is 2.25. The number of urea groups is 1. The van der Waals surface area contributed by atoms with Gasteiger partial charge in [0.25, 0.3) is 5.91 Å². The largest absolute Gasteiger partial charge is 0.457 e. The molecule has 0 aliphatic carbocycles. The second-order valence-electron chi connectivity index (χ2n) is 12.0. The number of aryl methyl sites for hydroxylation is 1. The molecule has 11 heteroatoms. The molecule has 44 heavy (non-hydrogen) atoms. The van der Waals surface area contributed by atoms with Gasteiger partial charge in [0.05, 0.1) is 17.1 Å². The molecule has 3 amide bonds. The first-order valence-corrected chi connectivity index (χ1v) is 14.7. The SMILES string of the molecule is Cc1cc(Oc2ccc(NC(=O)Nc3cc(C(C)(C)C)nn3-c3cccc(C(=O)NCC4CCNCC4)c3)c(F)c2)ccn1. The zero-order chi connectivity index (χ0) is 31.3. The van der Waals surface area contributed by atoms with Crippen molar-refractivity contribution < 1.29 is 18.7 Å². The highest BCUT2D eigenvalue weighted by Gasteiger charge is 2.23. The van der Waals surface area contributed by atoms with Gasteiger partial charge < -0.3 is 20.7 Å². The summed E-state index contributed by atoms with van der Waals surface area (Å²) < 4.78 is 22.2. The second kappa shape index (κ2) is 13.3. The molecule has 0 spiro atoms. The third-order valence-corrected chi connectivity index (χ3v) is 7.37. The summed E-state index contributed by atoms with van der Waals surface area (Å²) in [6, 6.07) is 15.8. The molecule has 10 nitrogen and oxygen atoms in total. The Labute approximate surface area is 256 Å². The number of pyridine rings is 1. The van der Waals surface area contributed by atoms with Gasteiger partial charge >= 0.3 is 6.03 Å². The number of benzene rings is 2. The highest BCUT2D eigenvalue weighted by molar-refractivity contribution is 5.99. The van der Waals surface area contributed by atoms with Crippen LogP contribution in [-0.4, -0.2) is 46.3 Å². The Morgan fingerprint density at radius 3 is 2.52 bits per heavy atom. The molecule has 0 atom stereocenters. The predicted octanol–water partition coefficient (Wildman–Crippen LogP) is 6.18. The normalized spacial score (nSPS) is 13.8. The van der Waals surface area contributed by atoms with Crippen LogP contribution >= 0.6 is 0 Å². The molecule has 4 aromatic rings. The molecular weight excluding hydrogens is 561 g/mol. The molecule has 1 fully saturated rings. The Morgan fingerprint density at radius 1 is 1.02 bits per heavy atom. The van der Waals surface area contributed by atoms with Crippen LogP contribution in [0.1, 0.15) is 55.4 Å². The number of carbonyl (C=O) groups excluding carboxylic acids is 2. The van der Waals surface area contributed by atoms with Crippen LogP contribution < -0.4 is 26.0 Å². The summed E-state index contributed by atoms with van der Waals surface area (Å²) in [4.78, 5) is 30.2. The van der Waals surface area contributed by atoms with Crippen LogP contribution in [0.3, 0.4) is 0 Å². The Morgan fingerprint density at radius 2 is 1.80 bits per heavy atom. The van der Waals surface area contributed by atoms with Gasteiger partial charge in [0.15, 0.2) is 0 Å². The van der Waals surface area contributed by atoms with Crippen LogP contribution in [0.5, 0.6) is 11.5 Å². The molecule has 0 radical (unpaired) electrons. The molecule has 2 aromatic heterocycles. The van der Waals surface area contributed by atoms with Crippen LogP contribution in [0, 0.1) is 18.7 Å². The number of aromatic nitrogens is 3. The van der Waals surface area contributed by atoms with Crippen molar-refractivity contribution in [3.63, 3.8) is 0 Å². The predicted molar refractivity (Wildman–Crippen MR) is 168 cm³/mol. The highest BCUT2D eigenvalue weighted by atomic mass is 19.1. The third kappa shape index (κ3) is 7.78. The van der Waals surface area contributed by atoms with E-state index in [-0.39, 0.29) is 22.8 Å². The lowest BCUT2D eigenvalue weighted by molar-refractivity contribution is 0.0944. The summed E-state index contributed by atoms with van der Waals surface area (Å²) in [7, 11) is 0. The van der Waals surface area contributed by atoms with Gasteiger partial charge in [-0.15, -0.1) is 0 Å². The number of nitrogens with zero attached hydrogens (tertiary/aromatic N) is 3. The van der Waals surface area contributed by atoms with Gasteiger partial charge in [0.1, 0.15) is 23.1 Å². The minimum Gasteiger partial charge on any atom is -0.457 e. The standard InChI is InChI=1S/C33H38FN7O3/c1-21-16-26(12-15-36-21)44-25-8-9-28(27(34)18-25)38-32(43)39-30-19-29(33(2,3)4)40-41(30)24-7-5-6-23(17-24)31(42)37-20-22-10-13-35-14-11-22/h5-9,12,15-19,22,35H,10-11,13-14,20H2,1-4H3,(H,37,42)(H2,38,39,43). The van der Waals surface area contributed by atoms with Crippen molar-refractivity contribution in [2.45, 2.75) is 46.0 Å². The lowest BCUT2D eigenvalue weighted by Crippen LogP contribution is -2.36. The third-order valence-electron chi connectivity index (χ3n) is 7.37. The van der Waals surface area contributed by atoms with E-state index in [2.05, 4.69) is 26.3 Å². The molecule has 1 saturated heterocycles. The monoisotopic (exact) mass is 599 g/mol. The van der Waals surface area contributed by atoms with Crippen molar-refractivity contribution in [1.82, 2.24) is 25.4 Å². The fraction of sp³-hybridized carbons (Fsp3) is 0.333. The Bertz CT molecular complexity index is 1640. The first kappa shape index (κ1) is 30.7. The lowest BCUT2D eigenvalue weighted by atomic mass is 9.92. The van der Waals surface area contributed by atoms with Gasteiger partial charge in [0, 0.05) is 47.6 Å². The first-order valence-electron chi connectivity index (χ1n) is 14.7. The van der Waals surface area contributed by atoms with E-state index in [9.17, 15) is 14.0 Å².